The number of para-hydroxylation sites is 1. The van der Waals surface area contributed by atoms with Gasteiger partial charge in [0.25, 0.3) is 5.56 Å². The van der Waals surface area contributed by atoms with Gasteiger partial charge in [-0.1, -0.05) is 39.8 Å². The molecule has 5 nitrogen and oxygen atoms in total. The molecule has 1 N–H and O–H groups in total. The molecule has 0 aliphatic carbocycles. The third-order valence-corrected chi connectivity index (χ3v) is 5.78. The smallest absolute Gasteiger partial charge is 0.262 e. The minimum Gasteiger partial charge on any atom is -0.325 e. The molecular weight excluding hydrogens is 414 g/mol. The van der Waals surface area contributed by atoms with Gasteiger partial charge in [0.15, 0.2) is 5.16 Å². The summed E-state index contributed by atoms with van der Waals surface area (Å²) < 4.78 is 2.60. The number of fused-ring (bicyclic) bond motifs is 1. The molecule has 1 amide bonds. The van der Waals surface area contributed by atoms with Gasteiger partial charge in [-0.05, 0) is 49.7 Å². The number of nitrogens with one attached hydrogen (secondary N) is 1. The molecule has 1 aromatic heterocycles. The van der Waals surface area contributed by atoms with Gasteiger partial charge in [-0.25, -0.2) is 4.98 Å². The fraction of sp³-hybridized carbons (Fsp3) is 0.211. The van der Waals surface area contributed by atoms with E-state index in [0.717, 1.165) is 15.7 Å². The fourth-order valence-corrected chi connectivity index (χ4v) is 3.70. The Labute approximate surface area is 164 Å². The van der Waals surface area contributed by atoms with E-state index in [1.165, 1.54) is 11.8 Å². The van der Waals surface area contributed by atoms with Crippen molar-refractivity contribution in [2.45, 2.75) is 25.5 Å². The molecule has 3 aromatic rings. The van der Waals surface area contributed by atoms with Gasteiger partial charge in [0.2, 0.25) is 5.91 Å². The highest BCUT2D eigenvalue weighted by atomic mass is 79.9. The molecular formula is C19H18BrN3O2S. The number of rotatable bonds is 5. The molecule has 0 fully saturated rings. The average Bonchev–Trinajstić information content (AvgIpc) is 2.63. The lowest BCUT2D eigenvalue weighted by Crippen LogP contribution is -2.23. The van der Waals surface area contributed by atoms with E-state index in [1.54, 1.807) is 10.6 Å². The van der Waals surface area contributed by atoms with Crippen LogP contribution in [0.15, 0.2) is 56.9 Å². The number of halogens is 1. The molecule has 0 radical (unpaired) electrons. The van der Waals surface area contributed by atoms with Crippen LogP contribution in [-0.2, 0) is 11.3 Å². The first-order valence-corrected chi connectivity index (χ1v) is 9.96. The Hall–Kier alpha value is -2.12. The van der Waals surface area contributed by atoms with Crippen LogP contribution in [0.4, 0.5) is 5.69 Å². The maximum absolute atomic E-state index is 12.6. The van der Waals surface area contributed by atoms with E-state index in [9.17, 15) is 9.59 Å². The highest BCUT2D eigenvalue weighted by Gasteiger charge is 2.12. The Morgan fingerprint density at radius 2 is 2.04 bits per heavy atom. The van der Waals surface area contributed by atoms with E-state index in [-0.39, 0.29) is 17.2 Å². The highest BCUT2D eigenvalue weighted by Crippen LogP contribution is 2.21. The van der Waals surface area contributed by atoms with Crippen LogP contribution < -0.4 is 10.9 Å². The Morgan fingerprint density at radius 1 is 1.27 bits per heavy atom. The first kappa shape index (κ1) is 18.7. The van der Waals surface area contributed by atoms with Gasteiger partial charge in [0.05, 0.1) is 16.7 Å². The Balaban J connectivity index is 1.77. The van der Waals surface area contributed by atoms with Gasteiger partial charge in [-0.2, -0.15) is 0 Å². The molecule has 0 bridgehead atoms. The van der Waals surface area contributed by atoms with E-state index < -0.39 is 0 Å². The van der Waals surface area contributed by atoms with Crippen LogP contribution in [-0.4, -0.2) is 21.2 Å². The molecule has 0 unspecified atom stereocenters. The zero-order valence-electron chi connectivity index (χ0n) is 14.5. The number of carbonyl (C=O) groups excluding carboxylic acids is 1. The molecule has 2 aromatic carbocycles. The van der Waals surface area contributed by atoms with Gasteiger partial charge in [-0.15, -0.1) is 0 Å². The zero-order chi connectivity index (χ0) is 18.7. The van der Waals surface area contributed by atoms with Crippen LogP contribution in [0, 0.1) is 6.92 Å². The minimum atomic E-state index is -0.137. The summed E-state index contributed by atoms with van der Waals surface area (Å²) in [6, 6.07) is 12.9. The summed E-state index contributed by atoms with van der Waals surface area (Å²) in [6.45, 7) is 4.37. The maximum Gasteiger partial charge on any atom is 0.262 e. The van der Waals surface area contributed by atoms with Gasteiger partial charge >= 0.3 is 0 Å². The largest absolute Gasteiger partial charge is 0.325 e. The van der Waals surface area contributed by atoms with Gasteiger partial charge in [0, 0.05) is 16.7 Å². The topological polar surface area (TPSA) is 64.0 Å². The lowest BCUT2D eigenvalue weighted by Gasteiger charge is -2.11. The molecule has 26 heavy (non-hydrogen) atoms. The predicted octanol–water partition coefficient (Wildman–Crippen LogP) is 4.22. The molecule has 0 aliphatic rings. The second-order valence-corrected chi connectivity index (χ2v) is 7.56. The molecule has 3 rings (SSSR count). The van der Waals surface area contributed by atoms with E-state index in [4.69, 9.17) is 0 Å². The lowest BCUT2D eigenvalue weighted by molar-refractivity contribution is -0.113. The van der Waals surface area contributed by atoms with E-state index in [0.29, 0.717) is 22.6 Å². The molecule has 0 spiro atoms. The summed E-state index contributed by atoms with van der Waals surface area (Å²) in [4.78, 5) is 29.4. The van der Waals surface area contributed by atoms with Crippen molar-refractivity contribution in [2.24, 2.45) is 0 Å². The molecule has 0 aliphatic heterocycles. The average molecular weight is 432 g/mol. The second kappa shape index (κ2) is 8.05. The van der Waals surface area contributed by atoms with E-state index >= 15 is 0 Å². The SMILES string of the molecule is CCn1c(SCC(=O)Nc2ccc(Br)c(C)c2)nc2ccccc2c1=O. The molecule has 0 saturated heterocycles. The van der Waals surface area contributed by atoms with Crippen LogP contribution in [0.1, 0.15) is 12.5 Å². The number of hydrogen-bond donors (Lipinski definition) is 1. The van der Waals surface area contributed by atoms with Crippen molar-refractivity contribution in [3.8, 4) is 0 Å². The Bertz CT molecular complexity index is 1030. The number of hydrogen-bond acceptors (Lipinski definition) is 4. The summed E-state index contributed by atoms with van der Waals surface area (Å²) in [5.41, 5.74) is 2.36. The molecule has 0 saturated carbocycles. The van der Waals surface area contributed by atoms with Crippen molar-refractivity contribution in [3.05, 3.63) is 62.9 Å². The van der Waals surface area contributed by atoms with Gasteiger partial charge < -0.3 is 5.32 Å². The Kier molecular flexibility index (Phi) is 5.78. The van der Waals surface area contributed by atoms with Crippen LogP contribution in [0.5, 0.6) is 0 Å². The first-order valence-electron chi connectivity index (χ1n) is 8.18. The van der Waals surface area contributed by atoms with Crippen molar-refractivity contribution in [2.75, 3.05) is 11.1 Å². The summed E-state index contributed by atoms with van der Waals surface area (Å²) in [5, 5.41) is 4.02. The zero-order valence-corrected chi connectivity index (χ0v) is 16.9. The molecule has 7 heteroatoms. The monoisotopic (exact) mass is 431 g/mol. The molecule has 1 heterocycles. The second-order valence-electron chi connectivity index (χ2n) is 5.76. The van der Waals surface area contributed by atoms with Crippen molar-refractivity contribution < 1.29 is 4.79 Å². The van der Waals surface area contributed by atoms with Crippen LogP contribution >= 0.6 is 27.7 Å². The minimum absolute atomic E-state index is 0.0791. The summed E-state index contributed by atoms with van der Waals surface area (Å²) in [6.07, 6.45) is 0. The van der Waals surface area contributed by atoms with E-state index in [2.05, 4.69) is 26.2 Å². The van der Waals surface area contributed by atoms with Crippen LogP contribution in [0.25, 0.3) is 10.9 Å². The molecule has 0 atom stereocenters. The number of carbonyl (C=O) groups is 1. The van der Waals surface area contributed by atoms with Gasteiger partial charge in [0.1, 0.15) is 0 Å². The van der Waals surface area contributed by atoms with Crippen molar-refractivity contribution in [1.29, 1.82) is 0 Å². The number of nitrogens with zero attached hydrogens (tertiary/aromatic N) is 2. The van der Waals surface area contributed by atoms with Crippen LogP contribution in [0.2, 0.25) is 0 Å². The third-order valence-electron chi connectivity index (χ3n) is 3.92. The number of benzene rings is 2. The number of amides is 1. The third kappa shape index (κ3) is 3.99. The van der Waals surface area contributed by atoms with Crippen molar-refractivity contribution in [3.63, 3.8) is 0 Å². The predicted molar refractivity (Wildman–Crippen MR) is 110 cm³/mol. The maximum atomic E-state index is 12.6. The number of thioether (sulfide) groups is 1. The number of aromatic nitrogens is 2. The van der Waals surface area contributed by atoms with Crippen molar-refractivity contribution >= 4 is 50.2 Å². The molecule has 134 valence electrons. The number of anilines is 1. The lowest BCUT2D eigenvalue weighted by atomic mass is 10.2. The normalized spacial score (nSPS) is 10.9. The van der Waals surface area contributed by atoms with Gasteiger partial charge in [-0.3, -0.25) is 14.2 Å². The first-order chi connectivity index (χ1) is 12.5. The number of aryl methyl sites for hydroxylation is 1. The Morgan fingerprint density at radius 3 is 2.77 bits per heavy atom. The summed E-state index contributed by atoms with van der Waals surface area (Å²) >= 11 is 4.71. The van der Waals surface area contributed by atoms with E-state index in [1.807, 2.05) is 50.2 Å². The fourth-order valence-electron chi connectivity index (χ4n) is 2.59. The standard InChI is InChI=1S/C19H18BrN3O2S/c1-3-23-18(25)14-6-4-5-7-16(14)22-19(23)26-11-17(24)21-13-8-9-15(20)12(2)10-13/h4-10H,3,11H2,1-2H3,(H,21,24). The highest BCUT2D eigenvalue weighted by molar-refractivity contribution is 9.10. The summed E-state index contributed by atoms with van der Waals surface area (Å²) in [5.74, 6) is 0.0432. The van der Waals surface area contributed by atoms with Crippen molar-refractivity contribution in [1.82, 2.24) is 9.55 Å². The summed E-state index contributed by atoms with van der Waals surface area (Å²) in [7, 11) is 0. The van der Waals surface area contributed by atoms with Crippen LogP contribution in [0.3, 0.4) is 0 Å². The quantitative estimate of drug-likeness (QED) is 0.485.